The molecule has 2 aromatic rings. The molecule has 0 spiro atoms. The Balaban J connectivity index is 1.76. The molecule has 2 rings (SSSR count). The number of hydrogen-bond donors (Lipinski definition) is 1. The predicted octanol–water partition coefficient (Wildman–Crippen LogP) is 3.79. The highest BCUT2D eigenvalue weighted by atomic mass is 32.1. The Hall–Kier alpha value is -2.14. The van der Waals surface area contributed by atoms with Crippen molar-refractivity contribution < 1.29 is 9.53 Å². The van der Waals surface area contributed by atoms with Gasteiger partial charge < -0.3 is 4.74 Å². The number of rotatable bonds is 7. The number of thiophene rings is 1. The van der Waals surface area contributed by atoms with E-state index in [9.17, 15) is 4.79 Å². The molecular weight excluding hydrogens is 296 g/mol. The van der Waals surface area contributed by atoms with Gasteiger partial charge in [-0.2, -0.15) is 5.10 Å². The topological polar surface area (TPSA) is 50.7 Å². The maximum absolute atomic E-state index is 11.6. The zero-order valence-corrected chi connectivity index (χ0v) is 13.6. The van der Waals surface area contributed by atoms with Gasteiger partial charge in [-0.15, -0.1) is 11.3 Å². The van der Waals surface area contributed by atoms with Crippen LogP contribution in [0.3, 0.4) is 0 Å². The normalized spacial score (nSPS) is 12.3. The van der Waals surface area contributed by atoms with E-state index in [-0.39, 0.29) is 12.5 Å². The van der Waals surface area contributed by atoms with Crippen LogP contribution in [0.4, 0.5) is 0 Å². The lowest BCUT2D eigenvalue weighted by Gasteiger charge is -2.10. The van der Waals surface area contributed by atoms with Crippen molar-refractivity contribution in [3.05, 3.63) is 52.2 Å². The molecule has 22 heavy (non-hydrogen) atoms. The van der Waals surface area contributed by atoms with Gasteiger partial charge in [-0.1, -0.05) is 32.0 Å². The minimum Gasteiger partial charge on any atom is -0.484 e. The first-order valence-electron chi connectivity index (χ1n) is 7.27. The van der Waals surface area contributed by atoms with Crippen LogP contribution >= 0.6 is 11.3 Å². The molecule has 0 saturated heterocycles. The van der Waals surface area contributed by atoms with Crippen LogP contribution in [0.1, 0.15) is 36.6 Å². The van der Waals surface area contributed by atoms with Crippen molar-refractivity contribution in [2.24, 2.45) is 5.10 Å². The van der Waals surface area contributed by atoms with Gasteiger partial charge in [0.15, 0.2) is 6.61 Å². The smallest absolute Gasteiger partial charge is 0.277 e. The molecule has 0 bridgehead atoms. The van der Waals surface area contributed by atoms with Crippen LogP contribution in [0.5, 0.6) is 5.75 Å². The second kappa shape index (κ2) is 8.34. The molecule has 0 fully saturated rings. The van der Waals surface area contributed by atoms with Crippen molar-refractivity contribution in [3.8, 4) is 5.75 Å². The van der Waals surface area contributed by atoms with Crippen LogP contribution in [0.25, 0.3) is 0 Å². The molecule has 1 aromatic heterocycles. The first kappa shape index (κ1) is 16.2. The molecule has 1 aromatic carbocycles. The summed E-state index contributed by atoms with van der Waals surface area (Å²) in [7, 11) is 0. The second-order valence-electron chi connectivity index (χ2n) is 4.98. The zero-order chi connectivity index (χ0) is 15.8. The van der Waals surface area contributed by atoms with E-state index in [1.54, 1.807) is 17.6 Å². The molecule has 4 nitrogen and oxygen atoms in total. The number of hydrogen-bond acceptors (Lipinski definition) is 4. The fraction of sp³-hybridized carbons (Fsp3) is 0.294. The molecule has 0 unspecified atom stereocenters. The molecule has 0 saturated carbocycles. The van der Waals surface area contributed by atoms with Gasteiger partial charge in [-0.25, -0.2) is 5.43 Å². The number of amides is 1. The van der Waals surface area contributed by atoms with E-state index in [2.05, 4.69) is 24.4 Å². The summed E-state index contributed by atoms with van der Waals surface area (Å²) >= 11 is 1.56. The highest BCUT2D eigenvalue weighted by molar-refractivity contribution is 7.11. The number of benzene rings is 1. The number of ether oxygens (including phenoxy) is 1. The van der Waals surface area contributed by atoms with E-state index in [1.165, 1.54) is 5.56 Å². The van der Waals surface area contributed by atoms with Crippen molar-refractivity contribution in [1.82, 2.24) is 5.43 Å². The van der Waals surface area contributed by atoms with Crippen LogP contribution in [-0.4, -0.2) is 18.7 Å². The third-order valence-electron chi connectivity index (χ3n) is 3.36. The Bertz CT molecular complexity index is 606. The van der Waals surface area contributed by atoms with Crippen molar-refractivity contribution >= 4 is 23.5 Å². The summed E-state index contributed by atoms with van der Waals surface area (Å²) in [5, 5.41) is 5.83. The molecule has 0 aliphatic heterocycles. The lowest BCUT2D eigenvalue weighted by atomic mass is 9.99. The van der Waals surface area contributed by atoms with Crippen LogP contribution < -0.4 is 10.2 Å². The molecule has 0 aliphatic carbocycles. The zero-order valence-electron chi connectivity index (χ0n) is 12.8. The monoisotopic (exact) mass is 316 g/mol. The largest absolute Gasteiger partial charge is 0.484 e. The molecule has 1 N–H and O–H groups in total. The Morgan fingerprint density at radius 1 is 1.36 bits per heavy atom. The minimum absolute atomic E-state index is 0.0511. The number of nitrogens with one attached hydrogen (secondary N) is 1. The number of hydrazone groups is 1. The average molecular weight is 316 g/mol. The highest BCUT2D eigenvalue weighted by Crippen LogP contribution is 2.21. The summed E-state index contributed by atoms with van der Waals surface area (Å²) < 4.78 is 5.44. The van der Waals surface area contributed by atoms with E-state index >= 15 is 0 Å². The summed E-state index contributed by atoms with van der Waals surface area (Å²) in [6.45, 7) is 4.30. The molecule has 0 radical (unpaired) electrons. The summed E-state index contributed by atoms with van der Waals surface area (Å²) in [5.41, 5.74) is 3.72. The van der Waals surface area contributed by atoms with Gasteiger partial charge in [0.1, 0.15) is 5.75 Å². The second-order valence-corrected chi connectivity index (χ2v) is 5.95. The molecule has 5 heteroatoms. The molecule has 116 valence electrons. The SMILES string of the molecule is CC[C@H](C)c1ccc(OCC(=O)N/N=C\c2cccs2)cc1. The maximum Gasteiger partial charge on any atom is 0.277 e. The van der Waals surface area contributed by atoms with Crippen LogP contribution in [0.2, 0.25) is 0 Å². The van der Waals surface area contributed by atoms with Crippen LogP contribution in [0, 0.1) is 0 Å². The lowest BCUT2D eigenvalue weighted by Crippen LogP contribution is -2.24. The molecule has 1 atom stereocenters. The number of nitrogens with zero attached hydrogens (tertiary/aromatic N) is 1. The summed E-state index contributed by atoms with van der Waals surface area (Å²) in [6, 6.07) is 11.7. The van der Waals surface area contributed by atoms with E-state index in [0.717, 1.165) is 11.3 Å². The van der Waals surface area contributed by atoms with Crippen molar-refractivity contribution in [1.29, 1.82) is 0 Å². The third-order valence-corrected chi connectivity index (χ3v) is 4.16. The highest BCUT2D eigenvalue weighted by Gasteiger charge is 2.04. The van der Waals surface area contributed by atoms with Gasteiger partial charge >= 0.3 is 0 Å². The Morgan fingerprint density at radius 2 is 2.14 bits per heavy atom. The lowest BCUT2D eigenvalue weighted by molar-refractivity contribution is -0.123. The van der Waals surface area contributed by atoms with Crippen molar-refractivity contribution in [2.75, 3.05) is 6.61 Å². The fourth-order valence-corrected chi connectivity index (χ4v) is 2.43. The molecule has 1 amide bonds. The Labute approximate surface area is 134 Å². The van der Waals surface area contributed by atoms with E-state index in [4.69, 9.17) is 4.74 Å². The third kappa shape index (κ3) is 5.00. The summed E-state index contributed by atoms with van der Waals surface area (Å²) in [4.78, 5) is 12.6. The molecular formula is C17H20N2O2S. The van der Waals surface area contributed by atoms with E-state index in [0.29, 0.717) is 11.7 Å². The number of carbonyl (C=O) groups is 1. The summed E-state index contributed by atoms with van der Waals surface area (Å²) in [6.07, 6.45) is 2.72. The Morgan fingerprint density at radius 3 is 2.77 bits per heavy atom. The molecule has 0 aliphatic rings. The predicted molar refractivity (Wildman–Crippen MR) is 90.7 cm³/mol. The Kier molecular flexibility index (Phi) is 6.15. The van der Waals surface area contributed by atoms with Crippen LogP contribution in [-0.2, 0) is 4.79 Å². The quantitative estimate of drug-likeness (QED) is 0.624. The van der Waals surface area contributed by atoms with Crippen molar-refractivity contribution in [2.45, 2.75) is 26.2 Å². The van der Waals surface area contributed by atoms with Gasteiger partial charge in [0.25, 0.3) is 5.91 Å². The molecule has 1 heterocycles. The average Bonchev–Trinajstić information content (AvgIpc) is 3.06. The minimum atomic E-state index is -0.279. The maximum atomic E-state index is 11.6. The van der Waals surface area contributed by atoms with E-state index < -0.39 is 0 Å². The van der Waals surface area contributed by atoms with Gasteiger partial charge in [0.05, 0.1) is 6.21 Å². The van der Waals surface area contributed by atoms with Crippen molar-refractivity contribution in [3.63, 3.8) is 0 Å². The summed E-state index contributed by atoms with van der Waals surface area (Å²) in [5.74, 6) is 0.937. The number of carbonyl (C=O) groups excluding carboxylic acids is 1. The standard InChI is InChI=1S/C17H20N2O2S/c1-3-13(2)14-6-8-15(9-7-14)21-12-17(20)19-18-11-16-5-4-10-22-16/h4-11,13H,3,12H2,1-2H3,(H,19,20)/b18-11-/t13-/m0/s1. The first-order chi connectivity index (χ1) is 10.7. The first-order valence-corrected chi connectivity index (χ1v) is 8.15. The van der Waals surface area contributed by atoms with Gasteiger partial charge in [0.2, 0.25) is 0 Å². The fourth-order valence-electron chi connectivity index (χ4n) is 1.84. The van der Waals surface area contributed by atoms with Gasteiger partial charge in [-0.3, -0.25) is 4.79 Å². The van der Waals surface area contributed by atoms with Gasteiger partial charge in [-0.05, 0) is 41.5 Å². The van der Waals surface area contributed by atoms with Gasteiger partial charge in [0, 0.05) is 4.88 Å². The van der Waals surface area contributed by atoms with Crippen LogP contribution in [0.15, 0.2) is 46.9 Å². The van der Waals surface area contributed by atoms with E-state index in [1.807, 2.05) is 41.8 Å².